The van der Waals surface area contributed by atoms with Crippen LogP contribution in [-0.2, 0) is 14.8 Å². The lowest BCUT2D eigenvalue weighted by molar-refractivity contribution is -0.114. The van der Waals surface area contributed by atoms with E-state index in [0.717, 1.165) is 36.1 Å². The van der Waals surface area contributed by atoms with E-state index >= 15 is 0 Å². The molecule has 0 aliphatic carbocycles. The molecule has 1 fully saturated rings. The van der Waals surface area contributed by atoms with Gasteiger partial charge in [-0.15, -0.1) is 0 Å². The first-order chi connectivity index (χ1) is 13.4. The van der Waals surface area contributed by atoms with Crippen molar-refractivity contribution in [3.05, 3.63) is 53.6 Å². The third-order valence-corrected chi connectivity index (χ3v) is 6.80. The molecule has 0 saturated carbocycles. The quantitative estimate of drug-likeness (QED) is 0.776. The minimum Gasteiger partial charge on any atom is -0.376 e. The first kappa shape index (κ1) is 20.4. The van der Waals surface area contributed by atoms with Gasteiger partial charge in [0.05, 0.1) is 11.4 Å². The molecule has 0 aromatic heterocycles. The molecule has 3 rings (SSSR count). The number of hydrogen-bond acceptors (Lipinski definition) is 4. The number of sulfonamides is 1. The summed E-state index contributed by atoms with van der Waals surface area (Å²) in [5, 5.41) is 5.91. The summed E-state index contributed by atoms with van der Waals surface area (Å²) in [4.78, 5) is 12.6. The highest BCUT2D eigenvalue weighted by Gasteiger charge is 2.26. The Hall–Kier alpha value is -2.38. The number of anilines is 2. The molecule has 1 aliphatic heterocycles. The number of nitrogens with zero attached hydrogens (tertiary/aromatic N) is 1. The van der Waals surface area contributed by atoms with E-state index in [0.29, 0.717) is 18.8 Å². The molecular formula is C21H27N3O3S. The zero-order valence-corrected chi connectivity index (χ0v) is 17.2. The fraction of sp³-hybridized carbons (Fsp3) is 0.381. The molecule has 150 valence electrons. The summed E-state index contributed by atoms with van der Waals surface area (Å²) in [5.41, 5.74) is 3.32. The molecule has 0 spiro atoms. The van der Waals surface area contributed by atoms with Gasteiger partial charge in [-0.3, -0.25) is 4.79 Å². The van der Waals surface area contributed by atoms with Crippen molar-refractivity contribution in [1.82, 2.24) is 4.31 Å². The van der Waals surface area contributed by atoms with Crippen LogP contribution in [0.3, 0.4) is 0 Å². The summed E-state index contributed by atoms with van der Waals surface area (Å²) >= 11 is 0. The average molecular weight is 402 g/mol. The van der Waals surface area contributed by atoms with Crippen molar-refractivity contribution in [3.63, 3.8) is 0 Å². The Morgan fingerprint density at radius 2 is 1.79 bits per heavy atom. The Morgan fingerprint density at radius 3 is 2.50 bits per heavy atom. The smallest absolute Gasteiger partial charge is 0.243 e. The van der Waals surface area contributed by atoms with Crippen LogP contribution in [0.2, 0.25) is 0 Å². The van der Waals surface area contributed by atoms with E-state index in [1.165, 1.54) is 4.31 Å². The van der Waals surface area contributed by atoms with Crippen molar-refractivity contribution in [2.24, 2.45) is 0 Å². The van der Waals surface area contributed by atoms with Gasteiger partial charge in [0.2, 0.25) is 15.9 Å². The summed E-state index contributed by atoms with van der Waals surface area (Å²) in [6.45, 7) is 5.05. The summed E-state index contributed by atoms with van der Waals surface area (Å²) < 4.78 is 27.3. The largest absolute Gasteiger partial charge is 0.376 e. The summed E-state index contributed by atoms with van der Waals surface area (Å²) in [6, 6.07) is 12.7. The molecule has 1 aliphatic rings. The summed E-state index contributed by atoms with van der Waals surface area (Å²) in [6.07, 6.45) is 2.84. The van der Waals surface area contributed by atoms with E-state index < -0.39 is 10.0 Å². The van der Waals surface area contributed by atoms with Crippen LogP contribution in [0.1, 0.15) is 30.4 Å². The number of piperidine rings is 1. The third-order valence-electron chi connectivity index (χ3n) is 4.91. The first-order valence-corrected chi connectivity index (χ1v) is 11.0. The number of nitrogens with one attached hydrogen (secondary N) is 2. The number of hydrogen-bond donors (Lipinski definition) is 2. The molecule has 28 heavy (non-hydrogen) atoms. The fourth-order valence-corrected chi connectivity index (χ4v) is 4.83. The molecule has 2 aromatic rings. The van der Waals surface area contributed by atoms with Crippen molar-refractivity contribution in [3.8, 4) is 0 Å². The van der Waals surface area contributed by atoms with Crippen LogP contribution < -0.4 is 10.6 Å². The van der Waals surface area contributed by atoms with Crippen LogP contribution in [0.15, 0.2) is 47.4 Å². The standard InChI is InChI=1S/C21H27N3O3S/c1-16-7-6-8-18(13-16)22-15-21(25)23-20-14-19(10-9-17(20)2)28(26,27)24-11-4-3-5-12-24/h6-10,13-14,22H,3-5,11-12,15H2,1-2H3,(H,23,25). The van der Waals surface area contributed by atoms with Crippen LogP contribution in [-0.4, -0.2) is 38.3 Å². The number of benzene rings is 2. The number of aryl methyl sites for hydroxylation is 2. The Morgan fingerprint density at radius 1 is 1.04 bits per heavy atom. The zero-order chi connectivity index (χ0) is 20.1. The topological polar surface area (TPSA) is 78.5 Å². The first-order valence-electron chi connectivity index (χ1n) is 9.57. The summed E-state index contributed by atoms with van der Waals surface area (Å²) in [7, 11) is -3.53. The maximum Gasteiger partial charge on any atom is 0.243 e. The van der Waals surface area contributed by atoms with Crippen molar-refractivity contribution >= 4 is 27.3 Å². The molecule has 0 unspecified atom stereocenters. The van der Waals surface area contributed by atoms with E-state index in [1.54, 1.807) is 18.2 Å². The van der Waals surface area contributed by atoms with Crippen molar-refractivity contribution in [2.75, 3.05) is 30.3 Å². The van der Waals surface area contributed by atoms with Crippen LogP contribution in [0, 0.1) is 13.8 Å². The minimum absolute atomic E-state index is 0.103. The Kier molecular flexibility index (Phi) is 6.36. The maximum absolute atomic E-state index is 12.9. The normalized spacial score (nSPS) is 15.2. The minimum atomic E-state index is -3.53. The van der Waals surface area contributed by atoms with E-state index in [2.05, 4.69) is 10.6 Å². The van der Waals surface area contributed by atoms with Gasteiger partial charge in [-0.2, -0.15) is 4.31 Å². The zero-order valence-electron chi connectivity index (χ0n) is 16.4. The average Bonchev–Trinajstić information content (AvgIpc) is 2.69. The lowest BCUT2D eigenvalue weighted by atomic mass is 10.2. The molecule has 7 heteroatoms. The monoisotopic (exact) mass is 401 g/mol. The predicted molar refractivity (Wildman–Crippen MR) is 112 cm³/mol. The van der Waals surface area contributed by atoms with Gasteiger partial charge >= 0.3 is 0 Å². The SMILES string of the molecule is Cc1cccc(NCC(=O)Nc2cc(S(=O)(=O)N3CCCCC3)ccc2C)c1. The highest BCUT2D eigenvalue weighted by atomic mass is 32.2. The molecule has 6 nitrogen and oxygen atoms in total. The number of carbonyl (C=O) groups is 1. The summed E-state index contributed by atoms with van der Waals surface area (Å²) in [5.74, 6) is -0.225. The highest BCUT2D eigenvalue weighted by molar-refractivity contribution is 7.89. The van der Waals surface area contributed by atoms with Crippen molar-refractivity contribution in [1.29, 1.82) is 0 Å². The molecule has 1 saturated heterocycles. The second kappa shape index (κ2) is 8.75. The van der Waals surface area contributed by atoms with Gasteiger partial charge in [-0.1, -0.05) is 24.6 Å². The lowest BCUT2D eigenvalue weighted by Gasteiger charge is -2.26. The van der Waals surface area contributed by atoms with Gasteiger partial charge < -0.3 is 10.6 Å². The number of rotatable bonds is 6. The van der Waals surface area contributed by atoms with Crippen LogP contribution in [0.25, 0.3) is 0 Å². The van der Waals surface area contributed by atoms with Crippen LogP contribution in [0.4, 0.5) is 11.4 Å². The molecule has 0 bridgehead atoms. The van der Waals surface area contributed by atoms with Crippen LogP contribution in [0.5, 0.6) is 0 Å². The fourth-order valence-electron chi connectivity index (χ4n) is 3.28. The van der Waals surface area contributed by atoms with Crippen LogP contribution >= 0.6 is 0 Å². The van der Waals surface area contributed by atoms with Gasteiger partial charge in [-0.25, -0.2) is 8.42 Å². The molecule has 1 amide bonds. The Balaban J connectivity index is 1.70. The van der Waals surface area contributed by atoms with Gasteiger partial charge in [0.15, 0.2) is 0 Å². The van der Waals surface area contributed by atoms with Gasteiger partial charge in [0, 0.05) is 24.5 Å². The van der Waals surface area contributed by atoms with Gasteiger partial charge in [0.1, 0.15) is 0 Å². The molecule has 2 N–H and O–H groups in total. The van der Waals surface area contributed by atoms with Crippen molar-refractivity contribution in [2.45, 2.75) is 38.0 Å². The van der Waals surface area contributed by atoms with Crippen molar-refractivity contribution < 1.29 is 13.2 Å². The number of carbonyl (C=O) groups excluding carboxylic acids is 1. The molecule has 1 heterocycles. The van der Waals surface area contributed by atoms with E-state index in [9.17, 15) is 13.2 Å². The van der Waals surface area contributed by atoms with Gasteiger partial charge in [-0.05, 0) is 62.1 Å². The predicted octanol–water partition coefficient (Wildman–Crippen LogP) is 3.53. The highest BCUT2D eigenvalue weighted by Crippen LogP contribution is 2.25. The molecule has 0 radical (unpaired) electrons. The molecule has 2 aromatic carbocycles. The number of amides is 1. The molecule has 0 atom stereocenters. The lowest BCUT2D eigenvalue weighted by Crippen LogP contribution is -2.35. The second-order valence-electron chi connectivity index (χ2n) is 7.21. The maximum atomic E-state index is 12.9. The Bertz CT molecular complexity index is 951. The second-order valence-corrected chi connectivity index (χ2v) is 9.15. The Labute approximate surface area is 167 Å². The van der Waals surface area contributed by atoms with E-state index in [1.807, 2.05) is 38.1 Å². The molecular weight excluding hydrogens is 374 g/mol. The van der Waals surface area contributed by atoms with Gasteiger partial charge in [0.25, 0.3) is 0 Å². The third kappa shape index (κ3) is 4.91. The van der Waals surface area contributed by atoms with E-state index in [-0.39, 0.29) is 17.3 Å². The van der Waals surface area contributed by atoms with E-state index in [4.69, 9.17) is 0 Å².